The number of nitrogens with one attached hydrogen (secondary N) is 1. The molecular weight excluding hydrogens is 401 g/mol. The van der Waals surface area contributed by atoms with Gasteiger partial charge >= 0.3 is 0 Å². The minimum Gasteiger partial charge on any atom is -0.372 e. The summed E-state index contributed by atoms with van der Waals surface area (Å²) in [7, 11) is 1.83. The third-order valence-corrected chi connectivity index (χ3v) is 6.05. The van der Waals surface area contributed by atoms with Gasteiger partial charge in [-0.3, -0.25) is 0 Å². The van der Waals surface area contributed by atoms with Crippen molar-refractivity contribution in [2.75, 3.05) is 30.4 Å². The Morgan fingerprint density at radius 2 is 1.73 bits per heavy atom. The molecule has 1 atom stereocenters. The second kappa shape index (κ2) is 8.98. The van der Waals surface area contributed by atoms with Gasteiger partial charge in [-0.05, 0) is 54.2 Å². The summed E-state index contributed by atoms with van der Waals surface area (Å²) >= 11 is 6.00. The van der Waals surface area contributed by atoms with Crippen LogP contribution < -0.4 is 16.0 Å². The number of aromatic nitrogens is 2. The molecule has 4 rings (SSSR count). The third kappa shape index (κ3) is 4.25. The number of nitrogens with zero attached hydrogens (tertiary/aromatic N) is 3. The van der Waals surface area contributed by atoms with Crippen molar-refractivity contribution in [3.8, 4) is 11.1 Å². The van der Waals surface area contributed by atoms with Crippen molar-refractivity contribution < 1.29 is 4.39 Å². The largest absolute Gasteiger partial charge is 0.372 e. The Morgan fingerprint density at radius 1 is 1.07 bits per heavy atom. The highest BCUT2D eigenvalue weighted by Crippen LogP contribution is 2.37. The van der Waals surface area contributed by atoms with Gasteiger partial charge in [-0.1, -0.05) is 35.9 Å². The van der Waals surface area contributed by atoms with Crippen LogP contribution in [0.5, 0.6) is 0 Å². The van der Waals surface area contributed by atoms with E-state index < -0.39 is 0 Å². The Hall–Kier alpha value is -2.70. The fraction of sp³-hybridized carbons (Fsp3) is 0.304. The third-order valence-electron chi connectivity index (χ3n) is 5.80. The number of nitrogens with two attached hydrogens (primary N) is 1. The molecule has 7 heteroatoms. The first-order chi connectivity index (χ1) is 14.6. The summed E-state index contributed by atoms with van der Waals surface area (Å²) in [6.45, 7) is 1.70. The molecule has 0 amide bonds. The molecule has 3 N–H and O–H groups in total. The lowest BCUT2D eigenvalue weighted by Crippen LogP contribution is -2.38. The molecule has 0 spiro atoms. The van der Waals surface area contributed by atoms with E-state index in [1.807, 2.05) is 31.3 Å². The van der Waals surface area contributed by atoms with E-state index in [1.165, 1.54) is 12.1 Å². The number of hydrogen-bond donors (Lipinski definition) is 2. The topological polar surface area (TPSA) is 67.1 Å². The van der Waals surface area contributed by atoms with Crippen LogP contribution in [-0.2, 0) is 0 Å². The average Bonchev–Trinajstić information content (AvgIpc) is 2.79. The SMILES string of the molecule is CNc1ncnc(N2CCC(C(N)c3ccc(Cl)cc3)CC2)c1-c1ccc(F)cc1. The van der Waals surface area contributed by atoms with E-state index >= 15 is 0 Å². The number of piperidine rings is 1. The van der Waals surface area contributed by atoms with Gasteiger partial charge in [-0.15, -0.1) is 0 Å². The minimum atomic E-state index is -0.264. The van der Waals surface area contributed by atoms with E-state index in [9.17, 15) is 4.39 Å². The Morgan fingerprint density at radius 3 is 2.37 bits per heavy atom. The summed E-state index contributed by atoms with van der Waals surface area (Å²) in [6.07, 6.45) is 3.50. The molecule has 0 radical (unpaired) electrons. The van der Waals surface area contributed by atoms with Crippen molar-refractivity contribution in [2.45, 2.75) is 18.9 Å². The first-order valence-corrected chi connectivity index (χ1v) is 10.5. The summed E-state index contributed by atoms with van der Waals surface area (Å²) in [5.41, 5.74) is 9.44. The Balaban J connectivity index is 1.55. The molecule has 1 unspecified atom stereocenters. The molecule has 5 nitrogen and oxygen atoms in total. The fourth-order valence-electron chi connectivity index (χ4n) is 4.12. The van der Waals surface area contributed by atoms with Crippen molar-refractivity contribution in [3.63, 3.8) is 0 Å². The van der Waals surface area contributed by atoms with Gasteiger partial charge < -0.3 is 16.0 Å². The van der Waals surface area contributed by atoms with Crippen LogP contribution in [0.1, 0.15) is 24.4 Å². The van der Waals surface area contributed by atoms with E-state index in [-0.39, 0.29) is 11.9 Å². The number of rotatable bonds is 5. The predicted octanol–water partition coefficient (Wildman–Crippen LogP) is 4.89. The maximum atomic E-state index is 13.4. The van der Waals surface area contributed by atoms with Crippen molar-refractivity contribution in [2.24, 2.45) is 11.7 Å². The predicted molar refractivity (Wildman–Crippen MR) is 120 cm³/mol. The van der Waals surface area contributed by atoms with Gasteiger partial charge in [0.25, 0.3) is 0 Å². The molecule has 2 aromatic carbocycles. The van der Waals surface area contributed by atoms with Gasteiger partial charge in [-0.25, -0.2) is 14.4 Å². The molecule has 1 fully saturated rings. The molecular formula is C23H25ClFN5. The van der Waals surface area contributed by atoms with Crippen LogP contribution in [0.2, 0.25) is 5.02 Å². The smallest absolute Gasteiger partial charge is 0.142 e. The maximum Gasteiger partial charge on any atom is 0.142 e. The van der Waals surface area contributed by atoms with Crippen molar-refractivity contribution in [1.29, 1.82) is 0 Å². The van der Waals surface area contributed by atoms with Crippen molar-refractivity contribution in [1.82, 2.24) is 9.97 Å². The Kier molecular flexibility index (Phi) is 6.16. The van der Waals surface area contributed by atoms with E-state index in [4.69, 9.17) is 17.3 Å². The highest BCUT2D eigenvalue weighted by atomic mass is 35.5. The number of halogens is 2. The maximum absolute atomic E-state index is 13.4. The standard InChI is InChI=1S/C23H25ClFN5/c1-27-22-20(15-4-8-19(25)9-5-15)23(29-14-28-22)30-12-10-17(11-13-30)21(26)16-2-6-18(24)7-3-16/h2-9,14,17,21H,10-13,26H2,1H3,(H,27,28,29). The number of anilines is 2. The summed E-state index contributed by atoms with van der Waals surface area (Å²) < 4.78 is 13.4. The summed E-state index contributed by atoms with van der Waals surface area (Å²) in [6, 6.07) is 14.2. The Labute approximate surface area is 181 Å². The van der Waals surface area contributed by atoms with Crippen LogP contribution in [0.4, 0.5) is 16.0 Å². The molecule has 1 aromatic heterocycles. The van der Waals surface area contributed by atoms with Crippen LogP contribution in [0.3, 0.4) is 0 Å². The van der Waals surface area contributed by atoms with Crippen LogP contribution >= 0.6 is 11.6 Å². The number of hydrogen-bond acceptors (Lipinski definition) is 5. The molecule has 3 aromatic rings. The first kappa shape index (κ1) is 20.6. The lowest BCUT2D eigenvalue weighted by Gasteiger charge is -2.36. The van der Waals surface area contributed by atoms with Crippen molar-refractivity contribution >= 4 is 23.2 Å². The zero-order valence-corrected chi connectivity index (χ0v) is 17.6. The molecule has 1 aliphatic heterocycles. The number of benzene rings is 2. The average molecular weight is 426 g/mol. The van der Waals surface area contributed by atoms with Crippen LogP contribution in [-0.4, -0.2) is 30.1 Å². The lowest BCUT2D eigenvalue weighted by atomic mass is 9.86. The first-order valence-electron chi connectivity index (χ1n) is 10.1. The van der Waals surface area contributed by atoms with Crippen LogP contribution in [0.25, 0.3) is 11.1 Å². The quantitative estimate of drug-likeness (QED) is 0.609. The van der Waals surface area contributed by atoms with E-state index in [0.29, 0.717) is 5.92 Å². The fourth-order valence-corrected chi connectivity index (χ4v) is 4.24. The van der Waals surface area contributed by atoms with Crippen LogP contribution in [0.15, 0.2) is 54.9 Å². The van der Waals surface area contributed by atoms with E-state index in [1.54, 1.807) is 18.5 Å². The molecule has 2 heterocycles. The summed E-state index contributed by atoms with van der Waals surface area (Å²) in [5, 5.41) is 3.86. The van der Waals surface area contributed by atoms with Gasteiger partial charge in [-0.2, -0.15) is 0 Å². The van der Waals surface area contributed by atoms with Gasteiger partial charge in [0.05, 0.1) is 5.56 Å². The molecule has 30 heavy (non-hydrogen) atoms. The highest BCUT2D eigenvalue weighted by Gasteiger charge is 2.28. The van der Waals surface area contributed by atoms with Gasteiger partial charge in [0.2, 0.25) is 0 Å². The molecule has 0 saturated carbocycles. The van der Waals surface area contributed by atoms with Gasteiger partial charge in [0.1, 0.15) is 23.8 Å². The Bertz CT molecular complexity index is 985. The van der Waals surface area contributed by atoms with Gasteiger partial charge in [0.15, 0.2) is 0 Å². The second-order valence-electron chi connectivity index (χ2n) is 7.58. The normalized spacial score (nSPS) is 15.8. The molecule has 156 valence electrons. The lowest BCUT2D eigenvalue weighted by molar-refractivity contribution is 0.344. The summed E-state index contributed by atoms with van der Waals surface area (Å²) in [4.78, 5) is 11.2. The molecule has 1 saturated heterocycles. The van der Waals surface area contributed by atoms with Crippen molar-refractivity contribution in [3.05, 3.63) is 71.3 Å². The van der Waals surface area contributed by atoms with E-state index in [2.05, 4.69) is 20.2 Å². The zero-order chi connectivity index (χ0) is 21.1. The zero-order valence-electron chi connectivity index (χ0n) is 16.9. The molecule has 0 bridgehead atoms. The minimum absolute atomic E-state index is 0.0146. The van der Waals surface area contributed by atoms with Gasteiger partial charge in [0, 0.05) is 31.2 Å². The molecule has 0 aliphatic carbocycles. The second-order valence-corrected chi connectivity index (χ2v) is 8.02. The highest BCUT2D eigenvalue weighted by molar-refractivity contribution is 6.30. The van der Waals surface area contributed by atoms with E-state index in [0.717, 1.165) is 59.3 Å². The summed E-state index contributed by atoms with van der Waals surface area (Å²) in [5.74, 6) is 1.72. The molecule has 1 aliphatic rings. The van der Waals surface area contributed by atoms with Crippen LogP contribution in [0, 0.1) is 11.7 Å². The monoisotopic (exact) mass is 425 g/mol.